The number of hydrogen-bond donors (Lipinski definition) is 1. The third-order valence-electron chi connectivity index (χ3n) is 3.46. The predicted molar refractivity (Wildman–Crippen MR) is 67.3 cm³/mol. The molecule has 1 N–H and O–H groups in total. The number of hydrogen-bond acceptors (Lipinski definition) is 5. The molecule has 5 atom stereocenters. The highest BCUT2D eigenvalue weighted by Crippen LogP contribution is 2.43. The van der Waals surface area contributed by atoms with E-state index in [1.807, 2.05) is 13.8 Å². The van der Waals surface area contributed by atoms with Crippen molar-refractivity contribution in [1.82, 2.24) is 0 Å². The van der Waals surface area contributed by atoms with E-state index in [1.165, 1.54) is 0 Å². The number of methoxy groups -OCH3 is 2. The van der Waals surface area contributed by atoms with Crippen molar-refractivity contribution in [1.29, 1.82) is 0 Å². The van der Waals surface area contributed by atoms with Crippen molar-refractivity contribution in [2.24, 2.45) is 5.92 Å². The van der Waals surface area contributed by atoms with E-state index in [0.717, 1.165) is 0 Å². The largest absolute Gasteiger partial charge is 0.393 e. The van der Waals surface area contributed by atoms with Crippen LogP contribution in [0.15, 0.2) is 12.7 Å². The van der Waals surface area contributed by atoms with Crippen LogP contribution in [-0.4, -0.2) is 56.6 Å². The van der Waals surface area contributed by atoms with E-state index in [1.54, 1.807) is 20.3 Å². The van der Waals surface area contributed by atoms with Crippen LogP contribution in [0.4, 0.5) is 0 Å². The first kappa shape index (κ1) is 15.6. The molecule has 1 aliphatic heterocycles. The van der Waals surface area contributed by atoms with Crippen LogP contribution in [0.2, 0.25) is 0 Å². The zero-order valence-corrected chi connectivity index (χ0v) is 11.6. The standard InChI is InChI=1S/C13H24O5/c1-6-10(16-5)11(17-8-15-4)9(2)12-13(3,7-14)18-12/h6,9-12,14H,1,7-8H2,2-5H3/t9-,10-,11-,12+,13-/m0/s1. The van der Waals surface area contributed by atoms with Crippen molar-refractivity contribution in [3.63, 3.8) is 0 Å². The molecule has 1 heterocycles. The molecule has 5 heteroatoms. The van der Waals surface area contributed by atoms with Crippen LogP contribution in [0, 0.1) is 5.92 Å². The van der Waals surface area contributed by atoms with Crippen LogP contribution in [-0.2, 0) is 18.9 Å². The van der Waals surface area contributed by atoms with E-state index >= 15 is 0 Å². The van der Waals surface area contributed by atoms with Crippen LogP contribution in [0.5, 0.6) is 0 Å². The van der Waals surface area contributed by atoms with Gasteiger partial charge in [0.2, 0.25) is 0 Å². The van der Waals surface area contributed by atoms with Crippen LogP contribution >= 0.6 is 0 Å². The van der Waals surface area contributed by atoms with Gasteiger partial charge in [0.1, 0.15) is 18.5 Å². The summed E-state index contributed by atoms with van der Waals surface area (Å²) in [5, 5.41) is 9.25. The summed E-state index contributed by atoms with van der Waals surface area (Å²) in [4.78, 5) is 0. The topological polar surface area (TPSA) is 60.5 Å². The Balaban J connectivity index is 2.67. The Labute approximate surface area is 109 Å². The molecular formula is C13H24O5. The second-order valence-electron chi connectivity index (χ2n) is 4.84. The molecule has 1 rings (SSSR count). The van der Waals surface area contributed by atoms with E-state index in [4.69, 9.17) is 18.9 Å². The van der Waals surface area contributed by atoms with E-state index in [9.17, 15) is 5.11 Å². The van der Waals surface area contributed by atoms with Gasteiger partial charge in [-0.1, -0.05) is 13.0 Å². The third-order valence-corrected chi connectivity index (χ3v) is 3.46. The molecular weight excluding hydrogens is 236 g/mol. The first-order chi connectivity index (χ1) is 8.53. The highest BCUT2D eigenvalue weighted by molar-refractivity contribution is 5.05. The number of aliphatic hydroxyl groups is 1. The van der Waals surface area contributed by atoms with Gasteiger partial charge in [0.05, 0.1) is 18.8 Å². The molecule has 0 saturated carbocycles. The fraction of sp³-hybridized carbons (Fsp3) is 0.846. The van der Waals surface area contributed by atoms with Crippen LogP contribution in [0.25, 0.3) is 0 Å². The highest BCUT2D eigenvalue weighted by atomic mass is 16.7. The van der Waals surface area contributed by atoms with Gasteiger partial charge in [0.25, 0.3) is 0 Å². The molecule has 0 aromatic carbocycles. The van der Waals surface area contributed by atoms with Gasteiger partial charge < -0.3 is 24.1 Å². The number of ether oxygens (including phenoxy) is 4. The van der Waals surface area contributed by atoms with Crippen molar-refractivity contribution < 1.29 is 24.1 Å². The van der Waals surface area contributed by atoms with Gasteiger partial charge in [-0.05, 0) is 6.92 Å². The maximum Gasteiger partial charge on any atom is 0.146 e. The lowest BCUT2D eigenvalue weighted by Crippen LogP contribution is -2.39. The first-order valence-corrected chi connectivity index (χ1v) is 6.08. The lowest BCUT2D eigenvalue weighted by atomic mass is 9.90. The Morgan fingerprint density at radius 1 is 1.50 bits per heavy atom. The quantitative estimate of drug-likeness (QED) is 0.380. The average Bonchev–Trinajstić information content (AvgIpc) is 3.07. The molecule has 0 spiro atoms. The van der Waals surface area contributed by atoms with Gasteiger partial charge in [-0.3, -0.25) is 0 Å². The molecule has 18 heavy (non-hydrogen) atoms. The fourth-order valence-electron chi connectivity index (χ4n) is 2.28. The summed E-state index contributed by atoms with van der Waals surface area (Å²) < 4.78 is 21.5. The van der Waals surface area contributed by atoms with Crippen molar-refractivity contribution in [3.8, 4) is 0 Å². The van der Waals surface area contributed by atoms with Gasteiger partial charge in [-0.25, -0.2) is 0 Å². The second kappa shape index (κ2) is 6.63. The first-order valence-electron chi connectivity index (χ1n) is 6.08. The Kier molecular flexibility index (Phi) is 5.75. The molecule has 0 bridgehead atoms. The third kappa shape index (κ3) is 3.30. The maximum absolute atomic E-state index is 9.25. The molecule has 106 valence electrons. The van der Waals surface area contributed by atoms with Gasteiger partial charge in [0, 0.05) is 20.1 Å². The Morgan fingerprint density at radius 2 is 2.17 bits per heavy atom. The van der Waals surface area contributed by atoms with Crippen LogP contribution < -0.4 is 0 Å². The van der Waals surface area contributed by atoms with E-state index in [0.29, 0.717) is 0 Å². The van der Waals surface area contributed by atoms with E-state index in [-0.39, 0.29) is 37.6 Å². The van der Waals surface area contributed by atoms with Crippen molar-refractivity contribution >= 4 is 0 Å². The summed E-state index contributed by atoms with van der Waals surface area (Å²) in [6.07, 6.45) is 1.21. The Bertz CT molecular complexity index is 270. The molecule has 0 aliphatic carbocycles. The smallest absolute Gasteiger partial charge is 0.146 e. The summed E-state index contributed by atoms with van der Waals surface area (Å²) in [7, 11) is 3.18. The lowest BCUT2D eigenvalue weighted by molar-refractivity contribution is -0.130. The monoisotopic (exact) mass is 260 g/mol. The van der Waals surface area contributed by atoms with E-state index < -0.39 is 5.60 Å². The molecule has 0 amide bonds. The maximum atomic E-state index is 9.25. The van der Waals surface area contributed by atoms with Crippen molar-refractivity contribution in [2.75, 3.05) is 27.6 Å². The summed E-state index contributed by atoms with van der Waals surface area (Å²) >= 11 is 0. The summed E-state index contributed by atoms with van der Waals surface area (Å²) in [6.45, 7) is 7.84. The molecule has 1 fully saturated rings. The summed E-state index contributed by atoms with van der Waals surface area (Å²) in [5.41, 5.74) is -0.465. The van der Waals surface area contributed by atoms with Crippen molar-refractivity contribution in [3.05, 3.63) is 12.7 Å². The normalized spacial score (nSPS) is 31.7. The minimum Gasteiger partial charge on any atom is -0.393 e. The number of aliphatic hydroxyl groups excluding tert-OH is 1. The van der Waals surface area contributed by atoms with Crippen molar-refractivity contribution in [2.45, 2.75) is 37.8 Å². The summed E-state index contributed by atoms with van der Waals surface area (Å²) in [6, 6.07) is 0. The number of epoxide rings is 1. The van der Waals surface area contributed by atoms with Gasteiger partial charge in [0.15, 0.2) is 0 Å². The predicted octanol–water partition coefficient (Wildman–Crippen LogP) is 0.962. The molecule has 5 nitrogen and oxygen atoms in total. The Hall–Kier alpha value is -0.460. The Morgan fingerprint density at radius 3 is 2.56 bits per heavy atom. The molecule has 0 unspecified atom stereocenters. The van der Waals surface area contributed by atoms with Gasteiger partial charge in [-0.2, -0.15) is 0 Å². The molecule has 1 saturated heterocycles. The molecule has 0 aromatic rings. The zero-order valence-electron chi connectivity index (χ0n) is 11.6. The minimum atomic E-state index is -0.465. The molecule has 1 aliphatic rings. The van der Waals surface area contributed by atoms with Crippen LogP contribution in [0.1, 0.15) is 13.8 Å². The second-order valence-corrected chi connectivity index (χ2v) is 4.84. The van der Waals surface area contributed by atoms with E-state index in [2.05, 4.69) is 6.58 Å². The minimum absolute atomic E-state index is 0.00470. The van der Waals surface area contributed by atoms with Gasteiger partial charge >= 0.3 is 0 Å². The average molecular weight is 260 g/mol. The fourth-order valence-corrected chi connectivity index (χ4v) is 2.28. The molecule has 0 aromatic heterocycles. The molecule has 0 radical (unpaired) electrons. The highest BCUT2D eigenvalue weighted by Gasteiger charge is 2.57. The zero-order chi connectivity index (χ0) is 13.8. The summed E-state index contributed by atoms with van der Waals surface area (Å²) in [5.74, 6) is 0.0697. The SMILES string of the molecule is C=C[C@H](OC)[C@@H](OCOC)[C@H](C)[C@H]1O[C@@]1(C)CO. The van der Waals surface area contributed by atoms with Gasteiger partial charge in [-0.15, -0.1) is 6.58 Å². The number of rotatable bonds is 9. The lowest BCUT2D eigenvalue weighted by Gasteiger charge is -2.28. The van der Waals surface area contributed by atoms with Crippen LogP contribution in [0.3, 0.4) is 0 Å².